The number of carbonyl (C=O) groups excluding carboxylic acids is 1. The highest BCUT2D eigenvalue weighted by Gasteiger charge is 2.17. The number of thioether (sulfide) groups is 1. The minimum absolute atomic E-state index is 0.133. The second-order valence-corrected chi connectivity index (χ2v) is 6.75. The third-order valence-electron chi connectivity index (χ3n) is 3.64. The number of aromatic hydroxyl groups is 1. The first-order valence-corrected chi connectivity index (χ1v) is 8.67. The summed E-state index contributed by atoms with van der Waals surface area (Å²) in [6.07, 6.45) is 2.37. The van der Waals surface area contributed by atoms with Crippen molar-refractivity contribution in [3.05, 3.63) is 29.8 Å². The number of aryl methyl sites for hydroxylation is 1. The number of carbonyl (C=O) groups is 1. The molecule has 1 aromatic carbocycles. The van der Waals surface area contributed by atoms with E-state index in [1.165, 1.54) is 5.56 Å². The Bertz CT molecular complexity index is 444. The Kier molecular flexibility index (Phi) is 6.39. The zero-order valence-corrected chi connectivity index (χ0v) is 13.3. The molecule has 1 fully saturated rings. The molecule has 1 aromatic rings. The van der Waals surface area contributed by atoms with Gasteiger partial charge in [-0.1, -0.05) is 12.1 Å². The summed E-state index contributed by atoms with van der Waals surface area (Å²) in [4.78, 5) is 12.0. The maximum atomic E-state index is 12.0. The van der Waals surface area contributed by atoms with Gasteiger partial charge in [-0.2, -0.15) is 11.8 Å². The Labute approximate surface area is 130 Å². The maximum absolute atomic E-state index is 12.0. The lowest BCUT2D eigenvalue weighted by Gasteiger charge is -2.23. The van der Waals surface area contributed by atoms with Crippen LogP contribution >= 0.6 is 11.8 Å². The average Bonchev–Trinajstić information content (AvgIpc) is 2.47. The molecule has 0 aliphatic carbocycles. The van der Waals surface area contributed by atoms with Crippen LogP contribution in [0.25, 0.3) is 0 Å². The molecule has 1 aliphatic rings. The molecule has 0 aromatic heterocycles. The minimum atomic E-state index is 0.133. The van der Waals surface area contributed by atoms with Gasteiger partial charge in [-0.25, -0.2) is 0 Å². The number of phenolic OH excluding ortho intramolecular Hbond substituents is 1. The Morgan fingerprint density at radius 2 is 2.24 bits per heavy atom. The standard InChI is InChI=1S/C16H24N2O2S/c1-12(2-3-13-4-6-15(19)7-5-13)18-16(20)10-14-11-21-9-8-17-14/h4-7,12,14,17,19H,2-3,8-11H2,1H3,(H,18,20). The largest absolute Gasteiger partial charge is 0.508 e. The van der Waals surface area contributed by atoms with Crippen LogP contribution in [-0.2, 0) is 11.2 Å². The van der Waals surface area contributed by atoms with Gasteiger partial charge in [0.05, 0.1) is 0 Å². The molecule has 1 heterocycles. The summed E-state index contributed by atoms with van der Waals surface area (Å²) in [5.74, 6) is 2.59. The highest BCUT2D eigenvalue weighted by molar-refractivity contribution is 7.99. The van der Waals surface area contributed by atoms with Gasteiger partial charge in [-0.15, -0.1) is 0 Å². The summed E-state index contributed by atoms with van der Waals surface area (Å²) < 4.78 is 0. The van der Waals surface area contributed by atoms with E-state index in [1.807, 2.05) is 30.8 Å². The number of benzene rings is 1. The van der Waals surface area contributed by atoms with Crippen molar-refractivity contribution in [2.24, 2.45) is 0 Å². The molecular weight excluding hydrogens is 284 g/mol. The molecule has 116 valence electrons. The first kappa shape index (κ1) is 16.2. The summed E-state index contributed by atoms with van der Waals surface area (Å²) in [5.41, 5.74) is 1.18. The molecule has 0 saturated carbocycles. The Morgan fingerprint density at radius 1 is 1.48 bits per heavy atom. The fourth-order valence-electron chi connectivity index (χ4n) is 2.43. The number of amides is 1. The predicted octanol–water partition coefficient (Wildman–Crippen LogP) is 1.92. The van der Waals surface area contributed by atoms with Crippen LogP contribution in [0.4, 0.5) is 0 Å². The third kappa shape index (κ3) is 5.98. The highest BCUT2D eigenvalue weighted by Crippen LogP contribution is 2.13. The lowest BCUT2D eigenvalue weighted by atomic mass is 10.1. The van der Waals surface area contributed by atoms with Crippen LogP contribution in [0.3, 0.4) is 0 Å². The second-order valence-electron chi connectivity index (χ2n) is 5.60. The predicted molar refractivity (Wildman–Crippen MR) is 87.8 cm³/mol. The van der Waals surface area contributed by atoms with E-state index in [0.29, 0.717) is 12.5 Å². The smallest absolute Gasteiger partial charge is 0.221 e. The van der Waals surface area contributed by atoms with Gasteiger partial charge in [0, 0.05) is 36.6 Å². The number of phenols is 1. The second kappa shape index (κ2) is 8.29. The lowest BCUT2D eigenvalue weighted by Crippen LogP contribution is -2.43. The van der Waals surface area contributed by atoms with Crippen molar-refractivity contribution in [1.82, 2.24) is 10.6 Å². The normalized spacial score (nSPS) is 20.0. The zero-order valence-electron chi connectivity index (χ0n) is 12.5. The van der Waals surface area contributed by atoms with E-state index in [4.69, 9.17) is 0 Å². The highest BCUT2D eigenvalue weighted by atomic mass is 32.2. The van der Waals surface area contributed by atoms with E-state index >= 15 is 0 Å². The van der Waals surface area contributed by atoms with Gasteiger partial charge in [0.2, 0.25) is 5.91 Å². The molecule has 0 radical (unpaired) electrons. The van der Waals surface area contributed by atoms with E-state index in [0.717, 1.165) is 30.9 Å². The number of nitrogens with one attached hydrogen (secondary N) is 2. The minimum Gasteiger partial charge on any atom is -0.508 e. The van der Waals surface area contributed by atoms with Crippen LogP contribution in [0.2, 0.25) is 0 Å². The summed E-state index contributed by atoms with van der Waals surface area (Å²) in [6, 6.07) is 7.73. The van der Waals surface area contributed by atoms with Crippen LogP contribution in [0, 0.1) is 0 Å². The van der Waals surface area contributed by atoms with E-state index in [2.05, 4.69) is 10.6 Å². The van der Waals surface area contributed by atoms with E-state index in [1.54, 1.807) is 12.1 Å². The van der Waals surface area contributed by atoms with Crippen molar-refractivity contribution in [1.29, 1.82) is 0 Å². The summed E-state index contributed by atoms with van der Waals surface area (Å²) in [5, 5.41) is 15.7. The molecule has 0 spiro atoms. The number of hydrogen-bond donors (Lipinski definition) is 3. The van der Waals surface area contributed by atoms with Gasteiger partial charge < -0.3 is 15.7 Å². The molecule has 4 nitrogen and oxygen atoms in total. The first-order valence-electron chi connectivity index (χ1n) is 7.52. The lowest BCUT2D eigenvalue weighted by molar-refractivity contribution is -0.122. The maximum Gasteiger partial charge on any atom is 0.221 e. The van der Waals surface area contributed by atoms with Crippen LogP contribution in [-0.4, -0.2) is 41.1 Å². The summed E-state index contributed by atoms with van der Waals surface area (Å²) >= 11 is 1.91. The Hall–Kier alpha value is -1.20. The quantitative estimate of drug-likeness (QED) is 0.751. The summed E-state index contributed by atoms with van der Waals surface area (Å²) in [6.45, 7) is 3.04. The van der Waals surface area contributed by atoms with Gasteiger partial charge in [0.15, 0.2) is 0 Å². The van der Waals surface area contributed by atoms with Crippen molar-refractivity contribution in [3.63, 3.8) is 0 Å². The van der Waals surface area contributed by atoms with Gasteiger partial charge in [-0.05, 0) is 37.5 Å². The number of hydrogen-bond acceptors (Lipinski definition) is 4. The molecule has 3 N–H and O–H groups in total. The number of rotatable bonds is 6. The van der Waals surface area contributed by atoms with Crippen molar-refractivity contribution < 1.29 is 9.90 Å². The fourth-order valence-corrected chi connectivity index (χ4v) is 3.38. The van der Waals surface area contributed by atoms with Gasteiger partial charge >= 0.3 is 0 Å². The molecule has 2 rings (SSSR count). The van der Waals surface area contributed by atoms with Gasteiger partial charge in [0.25, 0.3) is 0 Å². The fraction of sp³-hybridized carbons (Fsp3) is 0.562. The molecule has 1 aliphatic heterocycles. The molecule has 2 atom stereocenters. The molecule has 1 amide bonds. The van der Waals surface area contributed by atoms with E-state index < -0.39 is 0 Å². The van der Waals surface area contributed by atoms with Crippen molar-refractivity contribution in [2.45, 2.75) is 38.3 Å². The topological polar surface area (TPSA) is 61.4 Å². The van der Waals surface area contributed by atoms with Crippen molar-refractivity contribution in [2.75, 3.05) is 18.1 Å². The van der Waals surface area contributed by atoms with Crippen LogP contribution in [0.15, 0.2) is 24.3 Å². The zero-order chi connectivity index (χ0) is 15.1. The molecule has 0 bridgehead atoms. The van der Waals surface area contributed by atoms with Gasteiger partial charge in [0.1, 0.15) is 5.75 Å². The molecule has 2 unspecified atom stereocenters. The molecule has 5 heteroatoms. The molecule has 1 saturated heterocycles. The SMILES string of the molecule is CC(CCc1ccc(O)cc1)NC(=O)CC1CSCCN1. The van der Waals surface area contributed by atoms with Gasteiger partial charge in [-0.3, -0.25) is 4.79 Å². The van der Waals surface area contributed by atoms with Crippen LogP contribution in [0.5, 0.6) is 5.75 Å². The summed E-state index contributed by atoms with van der Waals surface area (Å²) in [7, 11) is 0. The Balaban J connectivity index is 1.67. The first-order chi connectivity index (χ1) is 10.1. The monoisotopic (exact) mass is 308 g/mol. The van der Waals surface area contributed by atoms with E-state index in [-0.39, 0.29) is 17.7 Å². The Morgan fingerprint density at radius 3 is 2.90 bits per heavy atom. The van der Waals surface area contributed by atoms with Crippen molar-refractivity contribution >= 4 is 17.7 Å². The van der Waals surface area contributed by atoms with Crippen LogP contribution in [0.1, 0.15) is 25.3 Å². The van der Waals surface area contributed by atoms with Crippen molar-refractivity contribution in [3.8, 4) is 5.75 Å². The third-order valence-corrected chi connectivity index (χ3v) is 4.77. The molecule has 21 heavy (non-hydrogen) atoms. The van der Waals surface area contributed by atoms with E-state index in [9.17, 15) is 9.90 Å². The average molecular weight is 308 g/mol. The molecular formula is C16H24N2O2S. The van der Waals surface area contributed by atoms with Crippen LogP contribution < -0.4 is 10.6 Å².